The number of methoxy groups -OCH3 is 1. The van der Waals surface area contributed by atoms with E-state index in [1.165, 1.54) is 0 Å². The second kappa shape index (κ2) is 5.12. The van der Waals surface area contributed by atoms with Crippen LogP contribution in [-0.2, 0) is 10.9 Å². The van der Waals surface area contributed by atoms with Crippen LogP contribution >= 0.6 is 11.6 Å². The lowest BCUT2D eigenvalue weighted by molar-refractivity contribution is -0.137. The molecular weight excluding hydrogens is 301 g/mol. The van der Waals surface area contributed by atoms with Crippen LogP contribution in [0.5, 0.6) is 0 Å². The Balaban J connectivity index is 2.47. The summed E-state index contributed by atoms with van der Waals surface area (Å²) in [7, 11) is 1.10. The molecule has 0 aliphatic heterocycles. The number of nitrogens with zero attached hydrogens (tertiary/aromatic N) is 2. The molecule has 20 heavy (non-hydrogen) atoms. The summed E-state index contributed by atoms with van der Waals surface area (Å²) >= 11 is 5.80. The van der Waals surface area contributed by atoms with Crippen molar-refractivity contribution in [2.75, 3.05) is 7.11 Å². The van der Waals surface area contributed by atoms with Crippen molar-refractivity contribution in [1.29, 1.82) is 0 Å². The van der Waals surface area contributed by atoms with E-state index in [4.69, 9.17) is 11.6 Å². The number of halogens is 4. The molecule has 0 aliphatic rings. The van der Waals surface area contributed by atoms with Gasteiger partial charge < -0.3 is 9.26 Å². The average Bonchev–Trinajstić information content (AvgIpc) is 2.86. The molecule has 1 aromatic carbocycles. The molecule has 0 N–H and O–H groups in total. The fourth-order valence-electron chi connectivity index (χ4n) is 1.38. The van der Waals surface area contributed by atoms with Gasteiger partial charge in [-0.15, -0.1) is 0 Å². The van der Waals surface area contributed by atoms with E-state index in [9.17, 15) is 18.0 Å². The Labute approximate surface area is 115 Å². The maximum atomic E-state index is 12.6. The topological polar surface area (TPSA) is 65.2 Å². The van der Waals surface area contributed by atoms with E-state index in [2.05, 4.69) is 19.4 Å². The summed E-state index contributed by atoms with van der Waals surface area (Å²) in [6.45, 7) is 0. The second-order valence-corrected chi connectivity index (χ2v) is 4.01. The highest BCUT2D eigenvalue weighted by Gasteiger charge is 2.31. The van der Waals surface area contributed by atoms with E-state index >= 15 is 0 Å². The van der Waals surface area contributed by atoms with Gasteiger partial charge in [0.25, 0.3) is 0 Å². The number of carbonyl (C=O) groups is 1. The van der Waals surface area contributed by atoms with Gasteiger partial charge in [0.2, 0.25) is 5.82 Å². The Morgan fingerprint density at radius 3 is 2.70 bits per heavy atom. The van der Waals surface area contributed by atoms with Gasteiger partial charge in [-0.1, -0.05) is 16.8 Å². The highest BCUT2D eigenvalue weighted by molar-refractivity contribution is 6.33. The van der Waals surface area contributed by atoms with Crippen LogP contribution in [0, 0.1) is 0 Å². The van der Waals surface area contributed by atoms with E-state index < -0.39 is 23.6 Å². The molecule has 0 spiro atoms. The van der Waals surface area contributed by atoms with Gasteiger partial charge in [-0.2, -0.15) is 18.2 Å². The van der Waals surface area contributed by atoms with Crippen LogP contribution in [0.3, 0.4) is 0 Å². The predicted octanol–water partition coefficient (Wildman–Crippen LogP) is 3.20. The lowest BCUT2D eigenvalue weighted by atomic mass is 10.1. The molecule has 0 saturated heterocycles. The molecule has 0 amide bonds. The zero-order valence-electron chi connectivity index (χ0n) is 9.86. The van der Waals surface area contributed by atoms with Gasteiger partial charge in [-0.3, -0.25) is 0 Å². The Morgan fingerprint density at radius 1 is 1.40 bits per heavy atom. The van der Waals surface area contributed by atoms with Gasteiger partial charge >= 0.3 is 18.0 Å². The summed E-state index contributed by atoms with van der Waals surface area (Å²) in [6, 6.07) is 2.66. The van der Waals surface area contributed by atoms with Crippen LogP contribution in [-0.4, -0.2) is 23.2 Å². The third kappa shape index (κ3) is 2.74. The number of hydrogen-bond donors (Lipinski definition) is 0. The van der Waals surface area contributed by atoms with Crippen molar-refractivity contribution in [2.45, 2.75) is 6.18 Å². The number of hydrogen-bond acceptors (Lipinski definition) is 5. The smallest absolute Gasteiger partial charge is 0.416 e. The summed E-state index contributed by atoms with van der Waals surface area (Å²) < 4.78 is 46.8. The normalized spacial score (nSPS) is 11.4. The number of benzene rings is 1. The molecule has 9 heteroatoms. The first-order valence-corrected chi connectivity index (χ1v) is 5.50. The van der Waals surface area contributed by atoms with Gasteiger partial charge in [0.05, 0.1) is 17.7 Å². The van der Waals surface area contributed by atoms with Crippen molar-refractivity contribution < 1.29 is 27.2 Å². The third-order valence-electron chi connectivity index (χ3n) is 2.32. The van der Waals surface area contributed by atoms with Crippen LogP contribution in [0.15, 0.2) is 22.7 Å². The fourth-order valence-corrected chi connectivity index (χ4v) is 1.58. The van der Waals surface area contributed by atoms with Crippen LogP contribution in [0.1, 0.15) is 16.2 Å². The summed E-state index contributed by atoms with van der Waals surface area (Å²) in [5.74, 6) is -1.61. The number of carbonyl (C=O) groups excluding carboxylic acids is 1. The zero-order valence-corrected chi connectivity index (χ0v) is 10.6. The first kappa shape index (κ1) is 14.3. The van der Waals surface area contributed by atoms with Crippen LogP contribution in [0.25, 0.3) is 11.4 Å². The Bertz CT molecular complexity index is 655. The van der Waals surface area contributed by atoms with Gasteiger partial charge in [-0.05, 0) is 18.2 Å². The Morgan fingerprint density at radius 2 is 2.10 bits per heavy atom. The molecule has 5 nitrogen and oxygen atoms in total. The maximum absolute atomic E-state index is 12.6. The molecule has 2 aromatic rings. The van der Waals surface area contributed by atoms with E-state index in [-0.39, 0.29) is 16.4 Å². The molecule has 0 atom stereocenters. The molecule has 106 valence electrons. The molecule has 0 unspecified atom stereocenters. The summed E-state index contributed by atoms with van der Waals surface area (Å²) in [5, 5.41) is 3.40. The average molecular weight is 307 g/mol. The molecule has 0 bridgehead atoms. The minimum absolute atomic E-state index is 0.00443. The highest BCUT2D eigenvalue weighted by atomic mass is 35.5. The molecule has 0 aliphatic carbocycles. The van der Waals surface area contributed by atoms with Crippen molar-refractivity contribution >= 4 is 17.6 Å². The summed E-state index contributed by atoms with van der Waals surface area (Å²) in [6.07, 6.45) is -4.53. The predicted molar refractivity (Wildman–Crippen MR) is 61.1 cm³/mol. The number of rotatable bonds is 2. The van der Waals surface area contributed by atoms with Crippen molar-refractivity contribution in [2.24, 2.45) is 0 Å². The maximum Gasteiger partial charge on any atom is 0.416 e. The zero-order chi connectivity index (χ0) is 14.9. The SMILES string of the molecule is COC(=O)c1nc(-c2cc(C(F)(F)F)ccc2Cl)no1. The second-order valence-electron chi connectivity index (χ2n) is 3.61. The number of aromatic nitrogens is 2. The molecular formula is C11H6ClF3N2O3. The van der Waals surface area contributed by atoms with Crippen LogP contribution in [0.4, 0.5) is 13.2 Å². The van der Waals surface area contributed by atoms with Gasteiger partial charge in [-0.25, -0.2) is 4.79 Å². The van der Waals surface area contributed by atoms with E-state index in [0.29, 0.717) is 0 Å². The molecule has 2 rings (SSSR count). The first-order chi connectivity index (χ1) is 9.32. The number of alkyl halides is 3. The molecule has 1 aromatic heterocycles. The minimum Gasteiger partial charge on any atom is -0.462 e. The fraction of sp³-hybridized carbons (Fsp3) is 0.182. The molecule has 1 heterocycles. The van der Waals surface area contributed by atoms with Crippen molar-refractivity contribution in [3.05, 3.63) is 34.7 Å². The molecule has 0 fully saturated rings. The molecule has 0 radical (unpaired) electrons. The van der Waals surface area contributed by atoms with Crippen molar-refractivity contribution in [3.63, 3.8) is 0 Å². The summed E-state index contributed by atoms with van der Waals surface area (Å²) in [5.41, 5.74) is -1.01. The van der Waals surface area contributed by atoms with Gasteiger partial charge in [0.1, 0.15) is 0 Å². The van der Waals surface area contributed by atoms with Gasteiger partial charge in [0.15, 0.2) is 0 Å². The lowest BCUT2D eigenvalue weighted by Gasteiger charge is -2.08. The standard InChI is InChI=1S/C11H6ClF3N2O3/c1-19-10(18)9-16-8(17-20-9)6-4-5(11(13,14)15)2-3-7(6)12/h2-4H,1H3. The minimum atomic E-state index is -4.53. The largest absolute Gasteiger partial charge is 0.462 e. The van der Waals surface area contributed by atoms with Crippen molar-refractivity contribution in [1.82, 2.24) is 10.1 Å². The monoisotopic (exact) mass is 306 g/mol. The van der Waals surface area contributed by atoms with Gasteiger partial charge in [0, 0.05) is 5.56 Å². The highest BCUT2D eigenvalue weighted by Crippen LogP contribution is 2.34. The van der Waals surface area contributed by atoms with E-state index in [1.54, 1.807) is 0 Å². The Kier molecular flexibility index (Phi) is 3.67. The summed E-state index contributed by atoms with van der Waals surface area (Å²) in [4.78, 5) is 14.8. The van der Waals surface area contributed by atoms with E-state index in [1.807, 2.05) is 0 Å². The Hall–Kier alpha value is -2.09. The first-order valence-electron chi connectivity index (χ1n) is 5.12. The quantitative estimate of drug-likeness (QED) is 0.797. The van der Waals surface area contributed by atoms with Crippen LogP contribution < -0.4 is 0 Å². The third-order valence-corrected chi connectivity index (χ3v) is 2.65. The lowest BCUT2D eigenvalue weighted by Crippen LogP contribution is -2.05. The number of ether oxygens (including phenoxy) is 1. The van der Waals surface area contributed by atoms with E-state index in [0.717, 1.165) is 25.3 Å². The number of esters is 1. The van der Waals surface area contributed by atoms with Crippen LogP contribution in [0.2, 0.25) is 5.02 Å². The van der Waals surface area contributed by atoms with Crippen molar-refractivity contribution in [3.8, 4) is 11.4 Å². The molecule has 0 saturated carbocycles.